The Morgan fingerprint density at radius 3 is 2.89 bits per heavy atom. The Balaban J connectivity index is 2.35. The quantitative estimate of drug-likeness (QED) is 0.781. The van der Waals surface area contributed by atoms with Gasteiger partial charge in [-0.1, -0.05) is 11.6 Å². The molecule has 0 saturated heterocycles. The molecular weight excluding hydrogens is 252 g/mol. The summed E-state index contributed by atoms with van der Waals surface area (Å²) in [7, 11) is 0. The SMILES string of the molecule is CCOCc1nc(Cl)cc(-c2ccnn2CC)n1. The molecule has 6 heteroatoms. The van der Waals surface area contributed by atoms with Crippen molar-refractivity contribution in [2.75, 3.05) is 6.61 Å². The highest BCUT2D eigenvalue weighted by Crippen LogP contribution is 2.19. The molecule has 0 aliphatic carbocycles. The van der Waals surface area contributed by atoms with E-state index in [0.29, 0.717) is 24.2 Å². The zero-order valence-electron chi connectivity index (χ0n) is 10.4. The van der Waals surface area contributed by atoms with Crippen molar-refractivity contribution in [2.24, 2.45) is 0 Å². The van der Waals surface area contributed by atoms with Crippen molar-refractivity contribution >= 4 is 11.6 Å². The summed E-state index contributed by atoms with van der Waals surface area (Å²) in [5.74, 6) is 0.586. The van der Waals surface area contributed by atoms with Crippen molar-refractivity contribution in [2.45, 2.75) is 27.0 Å². The standard InChI is InChI=1S/C12H15ClN4O/c1-3-17-10(5-6-14-17)9-7-11(13)16-12(15-9)8-18-4-2/h5-7H,3-4,8H2,1-2H3. The average molecular weight is 267 g/mol. The molecule has 0 radical (unpaired) electrons. The monoisotopic (exact) mass is 266 g/mol. The molecule has 0 bridgehead atoms. The molecule has 0 amide bonds. The van der Waals surface area contributed by atoms with Crippen LogP contribution < -0.4 is 0 Å². The molecule has 0 spiro atoms. The molecular formula is C12H15ClN4O. The minimum Gasteiger partial charge on any atom is -0.374 e. The molecule has 0 N–H and O–H groups in total. The van der Waals surface area contributed by atoms with Gasteiger partial charge in [0.2, 0.25) is 0 Å². The van der Waals surface area contributed by atoms with Gasteiger partial charge in [-0.25, -0.2) is 9.97 Å². The lowest BCUT2D eigenvalue weighted by atomic mass is 10.3. The highest BCUT2D eigenvalue weighted by molar-refractivity contribution is 6.29. The number of ether oxygens (including phenoxy) is 1. The first-order chi connectivity index (χ1) is 8.74. The van der Waals surface area contributed by atoms with Crippen LogP contribution in [0.2, 0.25) is 5.15 Å². The highest BCUT2D eigenvalue weighted by atomic mass is 35.5. The Morgan fingerprint density at radius 2 is 2.17 bits per heavy atom. The van der Waals surface area contributed by atoms with Crippen LogP contribution in [0.5, 0.6) is 0 Å². The summed E-state index contributed by atoms with van der Waals surface area (Å²) in [4.78, 5) is 8.58. The summed E-state index contributed by atoms with van der Waals surface area (Å²) < 4.78 is 7.16. The van der Waals surface area contributed by atoms with Gasteiger partial charge in [0, 0.05) is 25.4 Å². The molecule has 0 aliphatic rings. The molecule has 0 unspecified atom stereocenters. The molecule has 0 saturated carbocycles. The summed E-state index contributed by atoms with van der Waals surface area (Å²) in [6.07, 6.45) is 1.75. The van der Waals surface area contributed by atoms with Crippen molar-refractivity contribution < 1.29 is 4.74 Å². The molecule has 0 atom stereocenters. The number of hydrogen-bond acceptors (Lipinski definition) is 4. The largest absolute Gasteiger partial charge is 0.374 e. The van der Waals surface area contributed by atoms with Gasteiger partial charge in [0.15, 0.2) is 5.82 Å². The van der Waals surface area contributed by atoms with E-state index in [2.05, 4.69) is 15.1 Å². The maximum Gasteiger partial charge on any atom is 0.156 e. The van der Waals surface area contributed by atoms with E-state index >= 15 is 0 Å². The van der Waals surface area contributed by atoms with Gasteiger partial charge in [0.25, 0.3) is 0 Å². The van der Waals surface area contributed by atoms with E-state index in [4.69, 9.17) is 16.3 Å². The third kappa shape index (κ3) is 2.86. The van der Waals surface area contributed by atoms with E-state index in [1.807, 2.05) is 24.6 Å². The zero-order valence-corrected chi connectivity index (χ0v) is 11.2. The van der Waals surface area contributed by atoms with Crippen LogP contribution in [0.15, 0.2) is 18.3 Å². The molecule has 96 valence electrons. The van der Waals surface area contributed by atoms with Crippen LogP contribution >= 0.6 is 11.6 Å². The van der Waals surface area contributed by atoms with Gasteiger partial charge in [0.1, 0.15) is 11.8 Å². The maximum atomic E-state index is 6.01. The van der Waals surface area contributed by atoms with Crippen molar-refractivity contribution in [3.63, 3.8) is 0 Å². The molecule has 2 rings (SSSR count). The average Bonchev–Trinajstić information content (AvgIpc) is 2.84. The van der Waals surface area contributed by atoms with E-state index in [-0.39, 0.29) is 0 Å². The van der Waals surface area contributed by atoms with Crippen LogP contribution in [-0.2, 0) is 17.9 Å². The lowest BCUT2D eigenvalue weighted by molar-refractivity contribution is 0.128. The molecule has 0 aromatic carbocycles. The maximum absolute atomic E-state index is 6.01. The number of nitrogens with zero attached hydrogens (tertiary/aromatic N) is 4. The summed E-state index contributed by atoms with van der Waals surface area (Å²) in [6, 6.07) is 3.65. The van der Waals surface area contributed by atoms with Crippen LogP contribution in [0, 0.1) is 0 Å². The lowest BCUT2D eigenvalue weighted by Gasteiger charge is -2.07. The van der Waals surface area contributed by atoms with Crippen LogP contribution in [-0.4, -0.2) is 26.4 Å². The second-order valence-corrected chi connectivity index (χ2v) is 4.05. The second kappa shape index (κ2) is 5.93. The van der Waals surface area contributed by atoms with E-state index in [1.165, 1.54) is 0 Å². The highest BCUT2D eigenvalue weighted by Gasteiger charge is 2.09. The van der Waals surface area contributed by atoms with Gasteiger partial charge in [-0.2, -0.15) is 5.10 Å². The number of rotatable bonds is 5. The Morgan fingerprint density at radius 1 is 1.33 bits per heavy atom. The fraction of sp³-hybridized carbons (Fsp3) is 0.417. The third-order valence-electron chi connectivity index (χ3n) is 2.45. The van der Waals surface area contributed by atoms with Crippen molar-refractivity contribution in [3.8, 4) is 11.4 Å². The van der Waals surface area contributed by atoms with Crippen LogP contribution in [0.1, 0.15) is 19.7 Å². The molecule has 2 aromatic rings. The first-order valence-electron chi connectivity index (χ1n) is 5.88. The van der Waals surface area contributed by atoms with Gasteiger partial charge in [0.05, 0.1) is 11.4 Å². The smallest absolute Gasteiger partial charge is 0.156 e. The second-order valence-electron chi connectivity index (χ2n) is 3.66. The predicted octanol–water partition coefficient (Wildman–Crippen LogP) is 2.55. The zero-order chi connectivity index (χ0) is 13.0. The topological polar surface area (TPSA) is 52.8 Å². The minimum absolute atomic E-state index is 0.365. The molecule has 18 heavy (non-hydrogen) atoms. The van der Waals surface area contributed by atoms with Crippen LogP contribution in [0.4, 0.5) is 0 Å². The normalized spacial score (nSPS) is 10.8. The third-order valence-corrected chi connectivity index (χ3v) is 2.65. The van der Waals surface area contributed by atoms with Crippen molar-refractivity contribution in [1.29, 1.82) is 0 Å². The first-order valence-corrected chi connectivity index (χ1v) is 6.25. The summed E-state index contributed by atoms with van der Waals surface area (Å²) in [6.45, 7) is 5.73. The van der Waals surface area contributed by atoms with Gasteiger partial charge in [-0.3, -0.25) is 4.68 Å². The molecule has 0 fully saturated rings. The predicted molar refractivity (Wildman–Crippen MR) is 69.3 cm³/mol. The fourth-order valence-electron chi connectivity index (χ4n) is 1.66. The minimum atomic E-state index is 0.365. The molecule has 0 aliphatic heterocycles. The van der Waals surface area contributed by atoms with E-state index in [1.54, 1.807) is 12.3 Å². The number of halogens is 1. The van der Waals surface area contributed by atoms with Gasteiger partial charge in [-0.15, -0.1) is 0 Å². The van der Waals surface area contributed by atoms with Crippen molar-refractivity contribution in [1.82, 2.24) is 19.7 Å². The number of aryl methyl sites for hydroxylation is 1. The van der Waals surface area contributed by atoms with Crippen LogP contribution in [0.3, 0.4) is 0 Å². The molecule has 2 aromatic heterocycles. The van der Waals surface area contributed by atoms with Gasteiger partial charge < -0.3 is 4.74 Å². The van der Waals surface area contributed by atoms with Gasteiger partial charge >= 0.3 is 0 Å². The fourth-order valence-corrected chi connectivity index (χ4v) is 1.86. The summed E-state index contributed by atoms with van der Waals surface area (Å²) in [5, 5.41) is 4.63. The summed E-state index contributed by atoms with van der Waals surface area (Å²) in [5.41, 5.74) is 1.70. The Labute approximate surface area is 111 Å². The number of hydrogen-bond donors (Lipinski definition) is 0. The van der Waals surface area contributed by atoms with E-state index in [0.717, 1.165) is 17.9 Å². The van der Waals surface area contributed by atoms with Gasteiger partial charge in [-0.05, 0) is 19.9 Å². The Bertz CT molecular complexity index is 527. The Hall–Kier alpha value is -1.46. The van der Waals surface area contributed by atoms with Crippen LogP contribution in [0.25, 0.3) is 11.4 Å². The first kappa shape index (κ1) is 13.0. The number of aromatic nitrogens is 4. The lowest BCUT2D eigenvalue weighted by Crippen LogP contribution is -2.04. The molecule has 2 heterocycles. The van der Waals surface area contributed by atoms with Crippen molar-refractivity contribution in [3.05, 3.63) is 29.3 Å². The Kier molecular flexibility index (Phi) is 4.28. The van der Waals surface area contributed by atoms with E-state index < -0.39 is 0 Å². The van der Waals surface area contributed by atoms with E-state index in [9.17, 15) is 0 Å². The summed E-state index contributed by atoms with van der Waals surface area (Å²) >= 11 is 6.01. The molecule has 5 nitrogen and oxygen atoms in total.